The fourth-order valence-electron chi connectivity index (χ4n) is 1.05. The summed E-state index contributed by atoms with van der Waals surface area (Å²) in [5, 5.41) is -2.62. The standard InChI is InChI=1S/C6H6Cl6.2H2O.Sr.2H/c7-1-2(8)4(10)6(12)5(11)3(1)9;;;;;/h1-6H;2*1H2;;;/q;;;+2;2*-1. The van der Waals surface area contributed by atoms with Crippen LogP contribution in [0, 0.1) is 0 Å². The summed E-state index contributed by atoms with van der Waals surface area (Å²) in [6, 6.07) is 0. The van der Waals surface area contributed by atoms with Crippen molar-refractivity contribution >= 4 is 115 Å². The molecule has 0 aromatic heterocycles. The molecule has 1 rings (SSSR count). The third-order valence-corrected chi connectivity index (χ3v) is 5.86. The van der Waals surface area contributed by atoms with Crippen LogP contribution in [0.15, 0.2) is 0 Å². The van der Waals surface area contributed by atoms with E-state index in [0.717, 1.165) is 0 Å². The molecule has 0 bridgehead atoms. The molecule has 0 spiro atoms. The van der Waals surface area contributed by atoms with Crippen molar-refractivity contribution in [2.45, 2.75) is 32.3 Å². The first-order valence-corrected chi connectivity index (χ1v) is 5.93. The largest absolute Gasteiger partial charge is 2.00 e. The van der Waals surface area contributed by atoms with Gasteiger partial charge >= 0.3 is 45.5 Å². The first-order chi connectivity index (χ1) is 5.46. The zero-order valence-corrected chi connectivity index (χ0v) is 15.5. The molecule has 0 radical (unpaired) electrons. The van der Waals surface area contributed by atoms with Crippen molar-refractivity contribution in [2.24, 2.45) is 0 Å². The first kappa shape index (κ1) is 23.2. The molecule has 0 saturated heterocycles. The molecule has 1 aliphatic rings. The third-order valence-electron chi connectivity index (χ3n) is 1.83. The Morgan fingerprint density at radius 1 is 0.467 bits per heavy atom. The van der Waals surface area contributed by atoms with Crippen LogP contribution < -0.4 is 0 Å². The third kappa shape index (κ3) is 5.33. The van der Waals surface area contributed by atoms with Crippen molar-refractivity contribution in [3.63, 3.8) is 0 Å². The van der Waals surface area contributed by atoms with E-state index in [2.05, 4.69) is 0 Å². The van der Waals surface area contributed by atoms with Gasteiger partial charge in [-0.2, -0.15) is 0 Å². The SMILES string of the molecule is ClC1C(Cl)C(Cl)C(Cl)C(Cl)C1Cl.O.O.[H-].[H-].[Sr+2]. The van der Waals surface area contributed by atoms with E-state index in [9.17, 15) is 0 Å². The summed E-state index contributed by atoms with van der Waals surface area (Å²) in [7, 11) is 0. The van der Waals surface area contributed by atoms with Gasteiger partial charge in [0.05, 0.1) is 32.3 Å². The van der Waals surface area contributed by atoms with Crippen LogP contribution in [-0.4, -0.2) is 88.7 Å². The van der Waals surface area contributed by atoms with Gasteiger partial charge in [0.2, 0.25) is 0 Å². The van der Waals surface area contributed by atoms with Gasteiger partial charge in [0, 0.05) is 0 Å². The van der Waals surface area contributed by atoms with Crippen LogP contribution in [0.5, 0.6) is 0 Å². The van der Waals surface area contributed by atoms with E-state index in [1.807, 2.05) is 0 Å². The minimum Gasteiger partial charge on any atom is -1.00 e. The normalized spacial score (nSPS) is 44.4. The summed E-state index contributed by atoms with van der Waals surface area (Å²) in [5.41, 5.74) is 0. The molecule has 0 heterocycles. The van der Waals surface area contributed by atoms with Gasteiger partial charge in [0.1, 0.15) is 0 Å². The number of halogens is 6. The molecule has 0 aliphatic heterocycles. The maximum Gasteiger partial charge on any atom is 2.00 e. The molecule has 0 unspecified atom stereocenters. The first-order valence-electron chi connectivity index (χ1n) is 3.31. The Kier molecular flexibility index (Phi) is 15.5. The number of rotatable bonds is 0. The van der Waals surface area contributed by atoms with E-state index in [1.165, 1.54) is 0 Å². The number of hydrogen-bond donors (Lipinski definition) is 0. The Bertz CT molecular complexity index is 126. The molecule has 0 aromatic rings. The number of alkyl halides is 6. The zero-order chi connectivity index (χ0) is 9.46. The molecule has 0 amide bonds. The molecule has 0 aromatic carbocycles. The van der Waals surface area contributed by atoms with E-state index in [0.29, 0.717) is 0 Å². The Hall–Kier alpha value is 3.14. The van der Waals surface area contributed by atoms with Crippen molar-refractivity contribution in [2.75, 3.05) is 0 Å². The molecule has 9 heteroatoms. The topological polar surface area (TPSA) is 63.0 Å². The molecular weight excluding hydrogens is 404 g/mol. The van der Waals surface area contributed by atoms with Gasteiger partial charge in [-0.05, 0) is 0 Å². The Morgan fingerprint density at radius 2 is 0.533 bits per heavy atom. The average molecular weight is 416 g/mol. The van der Waals surface area contributed by atoms with Crippen LogP contribution in [0.4, 0.5) is 0 Å². The van der Waals surface area contributed by atoms with Gasteiger partial charge in [-0.1, -0.05) is 0 Å². The van der Waals surface area contributed by atoms with Gasteiger partial charge < -0.3 is 13.8 Å². The Labute approximate surface area is 159 Å². The van der Waals surface area contributed by atoms with Gasteiger partial charge in [0.15, 0.2) is 0 Å². The van der Waals surface area contributed by atoms with Gasteiger partial charge in [-0.25, -0.2) is 0 Å². The van der Waals surface area contributed by atoms with Crippen molar-refractivity contribution in [3.8, 4) is 0 Å². The molecule has 1 saturated carbocycles. The van der Waals surface area contributed by atoms with E-state index >= 15 is 0 Å². The van der Waals surface area contributed by atoms with Crippen molar-refractivity contribution in [1.29, 1.82) is 0 Å². The maximum absolute atomic E-state index is 5.88. The van der Waals surface area contributed by atoms with Crippen LogP contribution in [0.3, 0.4) is 0 Å². The molecule has 92 valence electrons. The Morgan fingerprint density at radius 3 is 0.600 bits per heavy atom. The second kappa shape index (κ2) is 9.99. The van der Waals surface area contributed by atoms with Crippen LogP contribution in [-0.2, 0) is 0 Å². The van der Waals surface area contributed by atoms with Crippen molar-refractivity contribution in [1.82, 2.24) is 0 Å². The molecule has 4 N–H and O–H groups in total. The molecule has 1 aliphatic carbocycles. The van der Waals surface area contributed by atoms with E-state index in [4.69, 9.17) is 69.6 Å². The molecule has 2 nitrogen and oxygen atoms in total. The predicted molar refractivity (Wildman–Crippen MR) is 73.1 cm³/mol. The second-order valence-electron chi connectivity index (χ2n) is 2.67. The molecule has 1 fully saturated rings. The summed E-state index contributed by atoms with van der Waals surface area (Å²) < 4.78 is 0. The van der Waals surface area contributed by atoms with Crippen LogP contribution in [0.1, 0.15) is 2.85 Å². The predicted octanol–water partition coefficient (Wildman–Crippen LogP) is 1.84. The molecule has 15 heavy (non-hydrogen) atoms. The minimum absolute atomic E-state index is 0. The minimum atomic E-state index is -0.437. The monoisotopic (exact) mass is 414 g/mol. The zero-order valence-electron chi connectivity index (χ0n) is 9.44. The summed E-state index contributed by atoms with van der Waals surface area (Å²) in [6.07, 6.45) is 0. The van der Waals surface area contributed by atoms with E-state index in [1.54, 1.807) is 0 Å². The summed E-state index contributed by atoms with van der Waals surface area (Å²) in [6.45, 7) is 0. The summed E-state index contributed by atoms with van der Waals surface area (Å²) >= 11 is 35.3. The second-order valence-corrected chi connectivity index (χ2v) is 5.69. The maximum atomic E-state index is 5.88. The number of hydrogen-bond acceptors (Lipinski definition) is 0. The van der Waals surface area contributed by atoms with Gasteiger partial charge in [-0.3, -0.25) is 0 Å². The Balaban J connectivity index is -0.0000000960. The van der Waals surface area contributed by atoms with Gasteiger partial charge in [-0.15, -0.1) is 69.6 Å². The average Bonchev–Trinajstić information content (AvgIpc) is 2.08. The quantitative estimate of drug-likeness (QED) is 0.427. The van der Waals surface area contributed by atoms with Crippen LogP contribution in [0.25, 0.3) is 0 Å². The fourth-order valence-corrected chi connectivity index (χ4v) is 3.38. The summed E-state index contributed by atoms with van der Waals surface area (Å²) in [4.78, 5) is 0. The molecular formula is C6H12Cl6O2Sr. The fraction of sp³-hybridized carbons (Fsp3) is 1.00. The van der Waals surface area contributed by atoms with Crippen molar-refractivity contribution < 1.29 is 13.8 Å². The van der Waals surface area contributed by atoms with Crippen molar-refractivity contribution in [3.05, 3.63) is 0 Å². The van der Waals surface area contributed by atoms with E-state index < -0.39 is 32.3 Å². The summed E-state index contributed by atoms with van der Waals surface area (Å²) in [5.74, 6) is 0. The van der Waals surface area contributed by atoms with E-state index in [-0.39, 0.29) is 59.3 Å². The van der Waals surface area contributed by atoms with Gasteiger partial charge in [0.25, 0.3) is 0 Å². The van der Waals surface area contributed by atoms with Crippen LogP contribution in [0.2, 0.25) is 0 Å². The smallest absolute Gasteiger partial charge is 1.00 e. The molecule has 0 atom stereocenters. The van der Waals surface area contributed by atoms with Crippen LogP contribution >= 0.6 is 69.6 Å².